The number of rotatable bonds is 5. The molecule has 0 aliphatic carbocycles. The van der Waals surface area contributed by atoms with Crippen LogP contribution in [0.25, 0.3) is 10.9 Å². The molecule has 0 aliphatic rings. The number of nitrogens with one attached hydrogen (secondary N) is 2. The number of methoxy groups -OCH3 is 1. The number of H-pyrrole nitrogens is 1. The number of aromatic carboxylic acids is 1. The number of aromatic nitrogens is 1. The first kappa shape index (κ1) is 17.8. The number of carboxylic acid groups (broad SMARTS) is 1. The third-order valence-electron chi connectivity index (χ3n) is 4.07. The molecule has 0 amide bonds. The molecule has 0 atom stereocenters. The van der Waals surface area contributed by atoms with E-state index in [-0.39, 0.29) is 16.3 Å². The predicted molar refractivity (Wildman–Crippen MR) is 95.9 cm³/mol. The number of carbonyl (C=O) groups is 1. The SMILES string of the molecule is COc1ccc2[nH]c(C(=O)[O-])c(NS(=O)(=O)c3ccc(C)cc3C)c2c1. The summed E-state index contributed by atoms with van der Waals surface area (Å²) in [6.45, 7) is 3.54. The van der Waals surface area contributed by atoms with Crippen LogP contribution in [0.2, 0.25) is 0 Å². The molecule has 7 nitrogen and oxygen atoms in total. The molecule has 0 radical (unpaired) electrons. The van der Waals surface area contributed by atoms with Crippen LogP contribution in [0, 0.1) is 13.8 Å². The molecule has 8 heteroatoms. The van der Waals surface area contributed by atoms with E-state index in [1.807, 2.05) is 6.92 Å². The van der Waals surface area contributed by atoms with Gasteiger partial charge in [0.25, 0.3) is 10.0 Å². The Morgan fingerprint density at radius 1 is 1.15 bits per heavy atom. The Kier molecular flexibility index (Phi) is 4.37. The van der Waals surface area contributed by atoms with Gasteiger partial charge in [-0.25, -0.2) is 8.42 Å². The van der Waals surface area contributed by atoms with Crippen molar-refractivity contribution in [3.8, 4) is 5.75 Å². The monoisotopic (exact) mass is 373 g/mol. The fraction of sp³-hybridized carbons (Fsp3) is 0.167. The molecule has 0 saturated heterocycles. The lowest BCUT2D eigenvalue weighted by molar-refractivity contribution is -0.255. The number of hydrogen-bond donors (Lipinski definition) is 2. The van der Waals surface area contributed by atoms with Crippen LogP contribution >= 0.6 is 0 Å². The van der Waals surface area contributed by atoms with Crippen LogP contribution in [0.15, 0.2) is 41.3 Å². The van der Waals surface area contributed by atoms with Gasteiger partial charge in [-0.3, -0.25) is 4.72 Å². The number of aromatic amines is 1. The van der Waals surface area contributed by atoms with Crippen LogP contribution in [0.3, 0.4) is 0 Å². The van der Waals surface area contributed by atoms with E-state index >= 15 is 0 Å². The summed E-state index contributed by atoms with van der Waals surface area (Å²) in [7, 11) is -2.53. The maximum Gasteiger partial charge on any atom is 0.262 e. The van der Waals surface area contributed by atoms with Gasteiger partial charge in [-0.15, -0.1) is 0 Å². The number of sulfonamides is 1. The number of benzene rings is 2. The second-order valence-electron chi connectivity index (χ2n) is 5.95. The van der Waals surface area contributed by atoms with E-state index in [1.165, 1.54) is 13.2 Å². The van der Waals surface area contributed by atoms with Gasteiger partial charge in [0.2, 0.25) is 0 Å². The van der Waals surface area contributed by atoms with Gasteiger partial charge in [0.1, 0.15) is 5.75 Å². The summed E-state index contributed by atoms with van der Waals surface area (Å²) in [5.74, 6) is -1.05. The van der Waals surface area contributed by atoms with Gasteiger partial charge >= 0.3 is 0 Å². The Morgan fingerprint density at radius 3 is 2.50 bits per heavy atom. The maximum atomic E-state index is 12.8. The van der Waals surface area contributed by atoms with Crippen LogP contribution in [-0.4, -0.2) is 26.5 Å². The highest BCUT2D eigenvalue weighted by Gasteiger charge is 2.22. The Hall–Kier alpha value is -3.00. The zero-order chi connectivity index (χ0) is 19.1. The molecule has 136 valence electrons. The zero-order valence-corrected chi connectivity index (χ0v) is 15.2. The number of carbonyl (C=O) groups excluding carboxylic acids is 1. The molecule has 0 bridgehead atoms. The van der Waals surface area contributed by atoms with Crippen molar-refractivity contribution in [1.29, 1.82) is 0 Å². The fourth-order valence-electron chi connectivity index (χ4n) is 2.85. The van der Waals surface area contributed by atoms with Crippen molar-refractivity contribution < 1.29 is 23.1 Å². The highest BCUT2D eigenvalue weighted by molar-refractivity contribution is 7.92. The molecule has 2 N–H and O–H groups in total. The van der Waals surface area contributed by atoms with E-state index in [9.17, 15) is 18.3 Å². The highest BCUT2D eigenvalue weighted by atomic mass is 32.2. The van der Waals surface area contributed by atoms with E-state index in [0.29, 0.717) is 22.2 Å². The normalized spacial score (nSPS) is 11.5. The number of anilines is 1. The maximum absolute atomic E-state index is 12.8. The topological polar surface area (TPSA) is 111 Å². The van der Waals surface area contributed by atoms with E-state index in [2.05, 4.69) is 9.71 Å². The first-order valence-electron chi connectivity index (χ1n) is 7.74. The molecule has 0 fully saturated rings. The summed E-state index contributed by atoms with van der Waals surface area (Å²) in [4.78, 5) is 14.2. The van der Waals surface area contributed by atoms with E-state index in [1.54, 1.807) is 37.3 Å². The molecule has 1 heterocycles. The number of hydrogen-bond acceptors (Lipinski definition) is 5. The van der Waals surface area contributed by atoms with Gasteiger partial charge in [0.05, 0.1) is 29.4 Å². The van der Waals surface area contributed by atoms with Crippen LogP contribution in [0.4, 0.5) is 5.69 Å². The van der Waals surface area contributed by atoms with Gasteiger partial charge in [0, 0.05) is 10.9 Å². The van der Waals surface area contributed by atoms with Crippen molar-refractivity contribution in [2.45, 2.75) is 18.7 Å². The van der Waals surface area contributed by atoms with E-state index in [0.717, 1.165) is 5.56 Å². The summed E-state index contributed by atoms with van der Waals surface area (Å²) in [6.07, 6.45) is 0. The summed E-state index contributed by atoms with van der Waals surface area (Å²) in [5.41, 5.74) is 1.50. The zero-order valence-electron chi connectivity index (χ0n) is 14.4. The molecular formula is C18H17N2O5S-. The first-order chi connectivity index (χ1) is 12.2. The van der Waals surface area contributed by atoms with Crippen molar-refractivity contribution >= 4 is 32.6 Å². The summed E-state index contributed by atoms with van der Waals surface area (Å²) in [6, 6.07) is 9.71. The Morgan fingerprint density at radius 2 is 1.88 bits per heavy atom. The quantitative estimate of drug-likeness (QED) is 0.710. The summed E-state index contributed by atoms with van der Waals surface area (Å²) in [5, 5.41) is 11.8. The minimum absolute atomic E-state index is 0.0737. The summed E-state index contributed by atoms with van der Waals surface area (Å²) < 4.78 is 33.2. The number of ether oxygens (including phenoxy) is 1. The second-order valence-corrected chi connectivity index (χ2v) is 7.60. The lowest BCUT2D eigenvalue weighted by atomic mass is 10.2. The van der Waals surface area contributed by atoms with Crippen molar-refractivity contribution in [3.63, 3.8) is 0 Å². The van der Waals surface area contributed by atoms with Gasteiger partial charge in [-0.2, -0.15) is 0 Å². The van der Waals surface area contributed by atoms with Crippen molar-refractivity contribution in [3.05, 3.63) is 53.2 Å². The predicted octanol–water partition coefficient (Wildman–Crippen LogP) is 1.96. The Labute approximate surface area is 150 Å². The standard InChI is InChI=1S/C18H18N2O5S/c1-10-4-7-15(11(2)8-10)26(23,24)20-16-13-9-12(25-3)5-6-14(13)19-17(16)18(21)22/h4-9,19-20H,1-3H3,(H,21,22)/p-1. The third-order valence-corrected chi connectivity index (χ3v) is 5.58. The van der Waals surface area contributed by atoms with E-state index in [4.69, 9.17) is 4.74 Å². The van der Waals surface area contributed by atoms with Crippen molar-refractivity contribution in [2.75, 3.05) is 11.8 Å². The van der Waals surface area contributed by atoms with Gasteiger partial charge in [-0.1, -0.05) is 17.7 Å². The average molecular weight is 373 g/mol. The Bertz CT molecular complexity index is 1120. The van der Waals surface area contributed by atoms with E-state index < -0.39 is 16.0 Å². The molecule has 0 spiro atoms. The summed E-state index contributed by atoms with van der Waals surface area (Å²) >= 11 is 0. The van der Waals surface area contributed by atoms with Crippen LogP contribution in [-0.2, 0) is 10.0 Å². The van der Waals surface area contributed by atoms with Crippen LogP contribution in [0.1, 0.15) is 21.6 Å². The second kappa shape index (κ2) is 6.38. The van der Waals surface area contributed by atoms with Crippen LogP contribution < -0.4 is 14.6 Å². The first-order valence-corrected chi connectivity index (χ1v) is 9.22. The molecule has 1 aromatic heterocycles. The lowest BCUT2D eigenvalue weighted by Crippen LogP contribution is -2.25. The third kappa shape index (κ3) is 3.11. The minimum atomic E-state index is -4.00. The number of aryl methyl sites for hydroxylation is 2. The van der Waals surface area contributed by atoms with Crippen LogP contribution in [0.5, 0.6) is 5.75 Å². The molecule has 2 aromatic carbocycles. The fourth-order valence-corrected chi connectivity index (χ4v) is 4.17. The molecule has 3 rings (SSSR count). The molecule has 26 heavy (non-hydrogen) atoms. The lowest BCUT2D eigenvalue weighted by Gasteiger charge is -2.12. The van der Waals surface area contributed by atoms with Crippen molar-refractivity contribution in [2.24, 2.45) is 0 Å². The minimum Gasteiger partial charge on any atom is -0.543 e. The number of carboxylic acids is 1. The molecule has 0 unspecified atom stereocenters. The average Bonchev–Trinajstić information content (AvgIpc) is 2.92. The molecule has 0 saturated carbocycles. The van der Waals surface area contributed by atoms with Crippen molar-refractivity contribution in [1.82, 2.24) is 4.98 Å². The van der Waals surface area contributed by atoms with Gasteiger partial charge in [0.15, 0.2) is 0 Å². The van der Waals surface area contributed by atoms with Gasteiger partial charge < -0.3 is 19.6 Å². The molecular weight excluding hydrogens is 356 g/mol. The molecule has 0 aliphatic heterocycles. The number of fused-ring (bicyclic) bond motifs is 1. The Balaban J connectivity index is 2.17. The largest absolute Gasteiger partial charge is 0.543 e. The smallest absolute Gasteiger partial charge is 0.262 e. The molecule has 3 aromatic rings. The van der Waals surface area contributed by atoms with Gasteiger partial charge in [-0.05, 0) is 43.7 Å². The highest BCUT2D eigenvalue weighted by Crippen LogP contribution is 2.32.